The number of morpholine rings is 1. The summed E-state index contributed by atoms with van der Waals surface area (Å²) in [6.07, 6.45) is 1.64. The maximum absolute atomic E-state index is 12.0. The molecule has 1 aliphatic carbocycles. The van der Waals surface area contributed by atoms with Crippen molar-refractivity contribution in [2.24, 2.45) is 5.92 Å². The predicted molar refractivity (Wildman–Crippen MR) is 63.1 cm³/mol. The molecule has 0 aromatic heterocycles. The largest absolute Gasteiger partial charge is 0.446 e. The highest BCUT2D eigenvalue weighted by atomic mass is 16.6. The number of rotatable bonds is 3. The van der Waals surface area contributed by atoms with Crippen LogP contribution in [0.3, 0.4) is 0 Å². The highest BCUT2D eigenvalue weighted by molar-refractivity contribution is 5.84. The van der Waals surface area contributed by atoms with E-state index in [0.29, 0.717) is 26.1 Å². The van der Waals surface area contributed by atoms with Crippen LogP contribution in [0.25, 0.3) is 0 Å². The molecule has 2 atom stereocenters. The van der Waals surface area contributed by atoms with Gasteiger partial charge in [-0.15, -0.1) is 0 Å². The molecule has 0 spiro atoms. The Balaban J connectivity index is 1.43. The molecule has 3 rings (SSSR count). The molecule has 0 N–H and O–H groups in total. The monoisotopic (exact) mass is 264 g/mol. The molecule has 3 aliphatic rings. The molecule has 19 heavy (non-hydrogen) atoms. The van der Waals surface area contributed by atoms with E-state index in [4.69, 9.17) is 14.7 Å². The van der Waals surface area contributed by atoms with Crippen LogP contribution < -0.4 is 0 Å². The van der Waals surface area contributed by atoms with E-state index in [-0.39, 0.29) is 42.4 Å². The van der Waals surface area contributed by atoms with Crippen LogP contribution in [0, 0.1) is 17.2 Å². The Hall–Kier alpha value is -1.61. The van der Waals surface area contributed by atoms with Crippen molar-refractivity contribution < 1.29 is 19.1 Å². The Morgan fingerprint density at radius 3 is 2.53 bits per heavy atom. The van der Waals surface area contributed by atoms with Crippen LogP contribution in [-0.2, 0) is 14.3 Å². The quantitative estimate of drug-likeness (QED) is 0.755. The number of fused-ring (bicyclic) bond motifs is 2. The average Bonchev–Trinajstić information content (AvgIpc) is 2.34. The SMILES string of the molecule is N#CCC(=O)C1CC(OC(=O)N2C3COCC2C3)C1. The number of amides is 1. The van der Waals surface area contributed by atoms with E-state index in [1.807, 2.05) is 6.07 Å². The molecule has 0 radical (unpaired) electrons. The van der Waals surface area contributed by atoms with Crippen LogP contribution in [0.1, 0.15) is 25.7 Å². The Morgan fingerprint density at radius 2 is 1.95 bits per heavy atom. The van der Waals surface area contributed by atoms with Crippen molar-refractivity contribution in [3.8, 4) is 6.07 Å². The summed E-state index contributed by atoms with van der Waals surface area (Å²) in [5.41, 5.74) is 0. The molecule has 6 heteroatoms. The van der Waals surface area contributed by atoms with Gasteiger partial charge < -0.3 is 9.47 Å². The van der Waals surface area contributed by atoms with Crippen molar-refractivity contribution in [1.82, 2.24) is 4.90 Å². The minimum absolute atomic E-state index is 0.0379. The molecule has 6 nitrogen and oxygen atoms in total. The highest BCUT2D eigenvalue weighted by Gasteiger charge is 2.47. The molecular weight excluding hydrogens is 248 g/mol. The molecule has 2 bridgehead atoms. The number of nitrogens with zero attached hydrogens (tertiary/aromatic N) is 2. The topological polar surface area (TPSA) is 79.6 Å². The fourth-order valence-electron chi connectivity index (χ4n) is 2.99. The lowest BCUT2D eigenvalue weighted by Crippen LogP contribution is -2.66. The maximum atomic E-state index is 12.0. The third-order valence-corrected chi connectivity index (χ3v) is 4.23. The van der Waals surface area contributed by atoms with Gasteiger partial charge in [0, 0.05) is 5.92 Å². The summed E-state index contributed by atoms with van der Waals surface area (Å²) in [7, 11) is 0. The van der Waals surface area contributed by atoms with E-state index >= 15 is 0 Å². The number of hydrogen-bond acceptors (Lipinski definition) is 5. The van der Waals surface area contributed by atoms with Gasteiger partial charge in [-0.05, 0) is 19.3 Å². The molecule has 1 amide bonds. The maximum Gasteiger partial charge on any atom is 0.410 e. The fourth-order valence-corrected chi connectivity index (χ4v) is 2.99. The number of carbonyl (C=O) groups is 2. The van der Waals surface area contributed by atoms with Crippen LogP contribution in [0.15, 0.2) is 0 Å². The second-order valence-electron chi connectivity index (χ2n) is 5.46. The van der Waals surface area contributed by atoms with Crippen molar-refractivity contribution in [2.45, 2.75) is 43.9 Å². The van der Waals surface area contributed by atoms with E-state index in [1.54, 1.807) is 4.90 Å². The highest BCUT2D eigenvalue weighted by Crippen LogP contribution is 2.35. The van der Waals surface area contributed by atoms with Gasteiger partial charge in [0.15, 0.2) is 0 Å². The number of hydrogen-bond donors (Lipinski definition) is 0. The standard InChI is InChI=1S/C13H16N2O4/c14-2-1-12(16)8-3-11(4-8)19-13(17)15-9-5-10(15)7-18-6-9/h8-11H,1,3-7H2. The van der Waals surface area contributed by atoms with Crippen LogP contribution >= 0.6 is 0 Å². The van der Waals surface area contributed by atoms with Crippen LogP contribution in [0.5, 0.6) is 0 Å². The Bertz CT molecular complexity index is 424. The van der Waals surface area contributed by atoms with Crippen molar-refractivity contribution in [2.75, 3.05) is 13.2 Å². The van der Waals surface area contributed by atoms with Gasteiger partial charge in [-0.1, -0.05) is 0 Å². The molecule has 2 heterocycles. The van der Waals surface area contributed by atoms with Crippen LogP contribution in [-0.4, -0.2) is 48.2 Å². The Kier molecular flexibility index (Phi) is 3.15. The number of Topliss-reactive ketones (excluding diaryl/α,β-unsaturated/α-hetero) is 1. The molecule has 3 fully saturated rings. The molecule has 2 saturated heterocycles. The smallest absolute Gasteiger partial charge is 0.410 e. The number of carbonyl (C=O) groups excluding carboxylic acids is 2. The lowest BCUT2D eigenvalue weighted by molar-refractivity contribution is -0.135. The van der Waals surface area contributed by atoms with Gasteiger partial charge in [0.2, 0.25) is 0 Å². The van der Waals surface area contributed by atoms with Gasteiger partial charge in [0.05, 0.1) is 37.8 Å². The van der Waals surface area contributed by atoms with E-state index in [2.05, 4.69) is 0 Å². The lowest BCUT2D eigenvalue weighted by Gasteiger charge is -2.51. The Morgan fingerprint density at radius 1 is 1.26 bits per heavy atom. The van der Waals surface area contributed by atoms with Crippen LogP contribution in [0.4, 0.5) is 4.79 Å². The zero-order valence-corrected chi connectivity index (χ0v) is 10.6. The van der Waals surface area contributed by atoms with Gasteiger partial charge in [-0.3, -0.25) is 9.69 Å². The average molecular weight is 264 g/mol. The van der Waals surface area contributed by atoms with Crippen molar-refractivity contribution in [3.05, 3.63) is 0 Å². The first-order valence-corrected chi connectivity index (χ1v) is 6.65. The first-order chi connectivity index (χ1) is 9.19. The first kappa shape index (κ1) is 12.4. The van der Waals surface area contributed by atoms with Gasteiger partial charge in [0.25, 0.3) is 0 Å². The zero-order valence-electron chi connectivity index (χ0n) is 10.6. The summed E-state index contributed by atoms with van der Waals surface area (Å²) in [5.74, 6) is -0.138. The molecule has 102 valence electrons. The normalized spacial score (nSPS) is 35.6. The number of ether oxygens (including phenoxy) is 2. The summed E-state index contributed by atoms with van der Waals surface area (Å²) in [6.45, 7) is 1.19. The van der Waals surface area contributed by atoms with Gasteiger partial charge in [0.1, 0.15) is 11.9 Å². The van der Waals surface area contributed by atoms with Gasteiger partial charge in [-0.25, -0.2) is 4.79 Å². The van der Waals surface area contributed by atoms with E-state index < -0.39 is 0 Å². The summed E-state index contributed by atoms with van der Waals surface area (Å²) < 4.78 is 10.7. The Labute approximate surface area is 111 Å². The lowest BCUT2D eigenvalue weighted by atomic mass is 9.78. The van der Waals surface area contributed by atoms with E-state index in [0.717, 1.165) is 6.42 Å². The zero-order chi connectivity index (χ0) is 13.4. The molecule has 0 aromatic carbocycles. The second-order valence-corrected chi connectivity index (χ2v) is 5.46. The summed E-state index contributed by atoms with van der Waals surface area (Å²) in [4.78, 5) is 25.1. The van der Waals surface area contributed by atoms with Crippen molar-refractivity contribution in [3.63, 3.8) is 0 Å². The minimum Gasteiger partial charge on any atom is -0.446 e. The summed E-state index contributed by atoms with van der Waals surface area (Å²) >= 11 is 0. The third kappa shape index (κ3) is 2.19. The fraction of sp³-hybridized carbons (Fsp3) is 0.769. The molecule has 2 aliphatic heterocycles. The third-order valence-electron chi connectivity index (χ3n) is 4.23. The van der Waals surface area contributed by atoms with Gasteiger partial charge in [-0.2, -0.15) is 5.26 Å². The van der Waals surface area contributed by atoms with Crippen molar-refractivity contribution >= 4 is 11.9 Å². The molecule has 1 saturated carbocycles. The van der Waals surface area contributed by atoms with E-state index in [1.165, 1.54) is 0 Å². The van der Waals surface area contributed by atoms with Crippen molar-refractivity contribution in [1.29, 1.82) is 5.26 Å². The second kappa shape index (κ2) is 4.82. The van der Waals surface area contributed by atoms with Gasteiger partial charge >= 0.3 is 6.09 Å². The minimum atomic E-state index is -0.277. The summed E-state index contributed by atoms with van der Waals surface area (Å²) in [6, 6.07) is 2.19. The number of nitriles is 1. The molecule has 0 aromatic rings. The molecular formula is C13H16N2O4. The first-order valence-electron chi connectivity index (χ1n) is 6.65. The number of ketones is 1. The van der Waals surface area contributed by atoms with E-state index in [9.17, 15) is 9.59 Å². The molecule has 2 unspecified atom stereocenters. The predicted octanol–water partition coefficient (Wildman–Crippen LogP) is 0.857. The summed E-state index contributed by atoms with van der Waals surface area (Å²) in [5, 5.41) is 8.45. The van der Waals surface area contributed by atoms with Crippen LogP contribution in [0.2, 0.25) is 0 Å².